The highest BCUT2D eigenvalue weighted by molar-refractivity contribution is 6.31. The number of Topliss-reactive ketones (excluding diaryl/α,β-unsaturated/α-hetero) is 1. The van der Waals surface area contributed by atoms with Gasteiger partial charge in [0, 0.05) is 5.02 Å². The first kappa shape index (κ1) is 13.2. The number of benzene rings is 2. The summed E-state index contributed by atoms with van der Waals surface area (Å²) in [4.78, 5) is 12.7. The topological polar surface area (TPSA) is 46.5 Å². The molecule has 4 heteroatoms. The summed E-state index contributed by atoms with van der Waals surface area (Å²) in [5.41, 5.74) is -0.871. The predicted molar refractivity (Wildman–Crippen MR) is 76.2 cm³/mol. The first-order chi connectivity index (χ1) is 9.53. The minimum Gasteiger partial charge on any atom is -0.486 e. The van der Waals surface area contributed by atoms with Crippen LogP contribution < -0.4 is 4.74 Å². The molecule has 0 aromatic heterocycles. The molecule has 2 atom stereocenters. The number of ketones is 1. The summed E-state index contributed by atoms with van der Waals surface area (Å²) in [5, 5.41) is 11.3. The van der Waals surface area contributed by atoms with E-state index in [0.717, 1.165) is 0 Å². The van der Waals surface area contributed by atoms with Crippen LogP contribution in [0.15, 0.2) is 48.5 Å². The average molecular weight is 289 g/mol. The number of carbonyl (C=O) groups is 1. The Morgan fingerprint density at radius 3 is 2.60 bits per heavy atom. The highest BCUT2D eigenvalue weighted by atomic mass is 35.5. The number of halogens is 1. The summed E-state index contributed by atoms with van der Waals surface area (Å²) < 4.78 is 5.70. The number of carbonyl (C=O) groups excluding carboxylic acids is 1. The second-order valence-electron chi connectivity index (χ2n) is 4.86. The lowest BCUT2D eigenvalue weighted by molar-refractivity contribution is -0.0439. The fourth-order valence-corrected chi connectivity index (χ4v) is 2.68. The van der Waals surface area contributed by atoms with Gasteiger partial charge in [-0.05, 0) is 30.7 Å². The predicted octanol–water partition coefficient (Wildman–Crippen LogP) is 3.19. The highest BCUT2D eigenvalue weighted by Crippen LogP contribution is 2.40. The summed E-state index contributed by atoms with van der Waals surface area (Å²) in [6.45, 7) is 1.68. The summed E-state index contributed by atoms with van der Waals surface area (Å²) in [7, 11) is 0. The third kappa shape index (κ3) is 1.82. The Morgan fingerprint density at radius 1 is 1.20 bits per heavy atom. The molecule has 0 radical (unpaired) electrons. The highest BCUT2D eigenvalue weighted by Gasteiger charge is 2.49. The van der Waals surface area contributed by atoms with E-state index in [1.807, 2.05) is 6.07 Å². The number of fused-ring (bicyclic) bond motifs is 1. The number of aliphatic hydroxyl groups is 1. The Balaban J connectivity index is 2.17. The van der Waals surface area contributed by atoms with Gasteiger partial charge in [0.05, 0.1) is 5.56 Å². The van der Waals surface area contributed by atoms with Crippen LogP contribution in [0.25, 0.3) is 0 Å². The Hall–Kier alpha value is -1.84. The van der Waals surface area contributed by atoms with E-state index in [2.05, 4.69) is 0 Å². The van der Waals surface area contributed by atoms with E-state index in [1.165, 1.54) is 6.07 Å². The van der Waals surface area contributed by atoms with E-state index < -0.39 is 11.7 Å². The van der Waals surface area contributed by atoms with Gasteiger partial charge in [0.2, 0.25) is 5.78 Å². The van der Waals surface area contributed by atoms with Gasteiger partial charge in [-0.15, -0.1) is 0 Å². The first-order valence-corrected chi connectivity index (χ1v) is 6.70. The van der Waals surface area contributed by atoms with Crippen molar-refractivity contribution in [2.24, 2.45) is 0 Å². The lowest BCUT2D eigenvalue weighted by atomic mass is 9.80. The van der Waals surface area contributed by atoms with Crippen molar-refractivity contribution in [1.29, 1.82) is 0 Å². The maximum Gasteiger partial charge on any atom is 0.206 e. The molecule has 1 N–H and O–H groups in total. The molecule has 0 amide bonds. The van der Waals surface area contributed by atoms with Crippen LogP contribution in [0.2, 0.25) is 5.02 Å². The smallest absolute Gasteiger partial charge is 0.206 e. The van der Waals surface area contributed by atoms with Crippen LogP contribution in [0.1, 0.15) is 22.8 Å². The molecule has 3 rings (SSSR count). The van der Waals surface area contributed by atoms with E-state index in [-0.39, 0.29) is 5.78 Å². The molecule has 2 aromatic rings. The van der Waals surface area contributed by atoms with Gasteiger partial charge < -0.3 is 9.84 Å². The van der Waals surface area contributed by atoms with Gasteiger partial charge in [-0.3, -0.25) is 4.79 Å². The molecule has 0 unspecified atom stereocenters. The zero-order valence-corrected chi connectivity index (χ0v) is 11.6. The number of hydrogen-bond acceptors (Lipinski definition) is 3. The van der Waals surface area contributed by atoms with E-state index in [1.54, 1.807) is 43.3 Å². The van der Waals surface area contributed by atoms with Crippen LogP contribution in [-0.2, 0) is 5.60 Å². The molecule has 0 fully saturated rings. The summed E-state index contributed by atoms with van der Waals surface area (Å²) in [5.74, 6) is 0.0625. The molecule has 20 heavy (non-hydrogen) atoms. The Kier molecular flexibility index (Phi) is 3.04. The van der Waals surface area contributed by atoms with Gasteiger partial charge in [0.15, 0.2) is 5.60 Å². The van der Waals surface area contributed by atoms with Crippen LogP contribution in [0.4, 0.5) is 0 Å². The molecule has 2 aromatic carbocycles. The van der Waals surface area contributed by atoms with E-state index >= 15 is 0 Å². The van der Waals surface area contributed by atoms with Crippen molar-refractivity contribution in [2.45, 2.75) is 18.6 Å². The number of ether oxygens (including phenoxy) is 1. The summed E-state index contributed by atoms with van der Waals surface area (Å²) >= 11 is 5.93. The first-order valence-electron chi connectivity index (χ1n) is 6.32. The molecule has 1 aliphatic heterocycles. The second-order valence-corrected chi connectivity index (χ2v) is 5.30. The number of hydrogen-bond donors (Lipinski definition) is 1. The zero-order chi connectivity index (χ0) is 14.3. The molecule has 0 saturated heterocycles. The lowest BCUT2D eigenvalue weighted by Gasteiger charge is -2.37. The molecular formula is C16H13ClO3. The largest absolute Gasteiger partial charge is 0.486 e. The fourth-order valence-electron chi connectivity index (χ4n) is 2.51. The standard InChI is InChI=1S/C16H13ClO3/c1-10-16(19,11-5-3-2-4-6-11)15(18)13-9-12(17)7-8-14(13)20-10/h2-10,19H,1H3/t10-,16+/m0/s1. The van der Waals surface area contributed by atoms with Gasteiger partial charge in [0.1, 0.15) is 11.9 Å². The van der Waals surface area contributed by atoms with Crippen LogP contribution in [-0.4, -0.2) is 17.0 Å². The van der Waals surface area contributed by atoms with Crippen molar-refractivity contribution in [1.82, 2.24) is 0 Å². The van der Waals surface area contributed by atoms with Gasteiger partial charge in [-0.1, -0.05) is 41.9 Å². The molecule has 0 spiro atoms. The van der Waals surface area contributed by atoms with E-state index in [4.69, 9.17) is 16.3 Å². The third-order valence-corrected chi connectivity index (χ3v) is 3.87. The van der Waals surface area contributed by atoms with Gasteiger partial charge in [0.25, 0.3) is 0 Å². The lowest BCUT2D eigenvalue weighted by Crippen LogP contribution is -2.51. The van der Waals surface area contributed by atoms with Crippen molar-refractivity contribution in [3.63, 3.8) is 0 Å². The monoisotopic (exact) mass is 288 g/mol. The van der Waals surface area contributed by atoms with Gasteiger partial charge >= 0.3 is 0 Å². The normalized spacial score (nSPS) is 24.9. The molecule has 0 bridgehead atoms. The van der Waals surface area contributed by atoms with Crippen molar-refractivity contribution >= 4 is 17.4 Å². The van der Waals surface area contributed by atoms with Gasteiger partial charge in [-0.2, -0.15) is 0 Å². The van der Waals surface area contributed by atoms with Crippen molar-refractivity contribution in [3.05, 3.63) is 64.7 Å². The SMILES string of the molecule is C[C@@H]1Oc2ccc(Cl)cc2C(=O)[C@]1(O)c1ccccc1. The average Bonchev–Trinajstić information content (AvgIpc) is 2.47. The van der Waals surface area contributed by atoms with Crippen LogP contribution in [0.5, 0.6) is 5.75 Å². The fraction of sp³-hybridized carbons (Fsp3) is 0.188. The minimum atomic E-state index is -1.70. The second kappa shape index (κ2) is 4.62. The minimum absolute atomic E-state index is 0.307. The van der Waals surface area contributed by atoms with E-state index in [0.29, 0.717) is 21.9 Å². The summed E-state index contributed by atoms with van der Waals surface area (Å²) in [6.07, 6.45) is -0.675. The molecule has 0 aliphatic carbocycles. The maximum absolute atomic E-state index is 12.7. The quantitative estimate of drug-likeness (QED) is 0.876. The van der Waals surface area contributed by atoms with Crippen LogP contribution in [0.3, 0.4) is 0 Å². The molecule has 1 heterocycles. The third-order valence-electron chi connectivity index (χ3n) is 3.64. The number of rotatable bonds is 1. The van der Waals surface area contributed by atoms with Crippen LogP contribution >= 0.6 is 11.6 Å². The Labute approximate surface area is 121 Å². The molecular weight excluding hydrogens is 276 g/mol. The summed E-state index contributed by atoms with van der Waals surface area (Å²) in [6, 6.07) is 13.7. The molecule has 1 aliphatic rings. The van der Waals surface area contributed by atoms with Crippen molar-refractivity contribution in [3.8, 4) is 5.75 Å². The van der Waals surface area contributed by atoms with Crippen molar-refractivity contribution in [2.75, 3.05) is 0 Å². The Morgan fingerprint density at radius 2 is 1.90 bits per heavy atom. The molecule has 102 valence electrons. The van der Waals surface area contributed by atoms with Crippen LogP contribution in [0, 0.1) is 0 Å². The van der Waals surface area contributed by atoms with E-state index in [9.17, 15) is 9.90 Å². The zero-order valence-electron chi connectivity index (χ0n) is 10.8. The molecule has 3 nitrogen and oxygen atoms in total. The van der Waals surface area contributed by atoms with Crippen molar-refractivity contribution < 1.29 is 14.6 Å². The van der Waals surface area contributed by atoms with Gasteiger partial charge in [-0.25, -0.2) is 0 Å². The maximum atomic E-state index is 12.7. The molecule has 0 saturated carbocycles. The Bertz CT molecular complexity index is 669.